The molecule has 1 aliphatic rings. The first-order valence-electron chi connectivity index (χ1n) is 9.98. The van der Waals surface area contributed by atoms with E-state index in [9.17, 15) is 4.79 Å². The van der Waals surface area contributed by atoms with E-state index in [0.717, 1.165) is 30.9 Å². The van der Waals surface area contributed by atoms with Crippen LogP contribution in [0.3, 0.4) is 0 Å². The maximum atomic E-state index is 12.0. The largest absolute Gasteiger partial charge is 0.493 e. The molecule has 1 fully saturated rings. The molecule has 150 valence electrons. The van der Waals surface area contributed by atoms with Crippen LogP contribution in [0.25, 0.3) is 0 Å². The van der Waals surface area contributed by atoms with Crippen molar-refractivity contribution in [2.45, 2.75) is 45.6 Å². The number of hydrogen-bond donors (Lipinski definition) is 1. The second kappa shape index (κ2) is 10.2. The van der Waals surface area contributed by atoms with E-state index >= 15 is 0 Å². The van der Waals surface area contributed by atoms with Crippen LogP contribution in [-0.2, 0) is 22.6 Å². The molecule has 0 spiro atoms. The van der Waals surface area contributed by atoms with Crippen LogP contribution in [0.4, 0.5) is 0 Å². The lowest BCUT2D eigenvalue weighted by molar-refractivity contribution is -0.121. The first-order valence-corrected chi connectivity index (χ1v) is 9.98. The minimum atomic E-state index is -0.00343. The van der Waals surface area contributed by atoms with E-state index in [0.29, 0.717) is 19.6 Å². The Morgan fingerprint density at radius 3 is 2.36 bits per heavy atom. The number of nitrogens with zero attached hydrogens (tertiary/aromatic N) is 1. The van der Waals surface area contributed by atoms with Crippen molar-refractivity contribution in [2.75, 3.05) is 19.7 Å². The fourth-order valence-corrected chi connectivity index (χ4v) is 3.50. The Morgan fingerprint density at radius 1 is 1.04 bits per heavy atom. The lowest BCUT2D eigenvalue weighted by atomic mass is 10.1. The molecule has 5 heteroatoms. The van der Waals surface area contributed by atoms with Crippen molar-refractivity contribution < 1.29 is 14.3 Å². The molecule has 2 atom stereocenters. The van der Waals surface area contributed by atoms with Crippen molar-refractivity contribution >= 4 is 5.91 Å². The third kappa shape index (κ3) is 6.66. The van der Waals surface area contributed by atoms with Crippen molar-refractivity contribution in [3.8, 4) is 5.75 Å². The Morgan fingerprint density at radius 2 is 1.68 bits per heavy atom. The average Bonchev–Trinajstić information content (AvgIpc) is 2.67. The van der Waals surface area contributed by atoms with E-state index in [2.05, 4.69) is 48.3 Å². The molecule has 2 aromatic carbocycles. The first-order chi connectivity index (χ1) is 13.6. The van der Waals surface area contributed by atoms with Gasteiger partial charge in [0.1, 0.15) is 5.75 Å². The van der Waals surface area contributed by atoms with Crippen molar-refractivity contribution in [2.24, 2.45) is 0 Å². The average molecular weight is 383 g/mol. The highest BCUT2D eigenvalue weighted by molar-refractivity contribution is 5.76. The van der Waals surface area contributed by atoms with Gasteiger partial charge in [-0.15, -0.1) is 0 Å². The van der Waals surface area contributed by atoms with Gasteiger partial charge < -0.3 is 14.8 Å². The highest BCUT2D eigenvalue weighted by Crippen LogP contribution is 2.15. The number of nitrogens with one attached hydrogen (secondary N) is 1. The summed E-state index contributed by atoms with van der Waals surface area (Å²) in [4.78, 5) is 14.4. The molecule has 2 aromatic rings. The minimum Gasteiger partial charge on any atom is -0.493 e. The zero-order chi connectivity index (χ0) is 19.8. The molecule has 0 aromatic heterocycles. The topological polar surface area (TPSA) is 50.8 Å². The van der Waals surface area contributed by atoms with Crippen molar-refractivity contribution in [3.05, 3.63) is 65.7 Å². The number of carbonyl (C=O) groups is 1. The Labute approximate surface area is 167 Å². The van der Waals surface area contributed by atoms with E-state index in [1.807, 2.05) is 30.3 Å². The van der Waals surface area contributed by atoms with Gasteiger partial charge in [0.2, 0.25) is 5.91 Å². The van der Waals surface area contributed by atoms with Gasteiger partial charge in [0.05, 0.1) is 25.2 Å². The minimum absolute atomic E-state index is 0.00343. The Balaban J connectivity index is 1.37. The second-order valence-corrected chi connectivity index (χ2v) is 7.46. The number of para-hydroxylation sites is 1. The highest BCUT2D eigenvalue weighted by atomic mass is 16.5. The van der Waals surface area contributed by atoms with E-state index in [-0.39, 0.29) is 18.1 Å². The van der Waals surface area contributed by atoms with Crippen LogP contribution in [0.15, 0.2) is 54.6 Å². The summed E-state index contributed by atoms with van der Waals surface area (Å²) in [6.07, 6.45) is 0.911. The van der Waals surface area contributed by atoms with Gasteiger partial charge in [0.15, 0.2) is 0 Å². The zero-order valence-corrected chi connectivity index (χ0v) is 16.8. The standard InChI is InChI=1S/C23H30N2O3/c1-18-15-25(16-19(2)28-18)17-21-10-8-20(9-11-21)14-24-23(26)12-13-27-22-6-4-3-5-7-22/h3-11,18-19H,12-17H2,1-2H3,(H,24,26)/t18-,19-/m0/s1. The van der Waals surface area contributed by atoms with Crippen molar-refractivity contribution in [1.29, 1.82) is 0 Å². The fraction of sp³-hybridized carbons (Fsp3) is 0.435. The molecular formula is C23H30N2O3. The molecule has 0 unspecified atom stereocenters. The number of benzene rings is 2. The fourth-order valence-electron chi connectivity index (χ4n) is 3.50. The molecule has 1 aliphatic heterocycles. The van der Waals surface area contributed by atoms with E-state index in [4.69, 9.17) is 9.47 Å². The summed E-state index contributed by atoms with van der Waals surface area (Å²) in [5, 5.41) is 2.95. The summed E-state index contributed by atoms with van der Waals surface area (Å²) in [7, 11) is 0. The third-order valence-electron chi connectivity index (χ3n) is 4.76. The van der Waals surface area contributed by atoms with E-state index in [1.54, 1.807) is 0 Å². The molecule has 1 heterocycles. The smallest absolute Gasteiger partial charge is 0.223 e. The van der Waals surface area contributed by atoms with Gasteiger partial charge >= 0.3 is 0 Å². The molecule has 5 nitrogen and oxygen atoms in total. The third-order valence-corrected chi connectivity index (χ3v) is 4.76. The molecule has 3 rings (SSSR count). The zero-order valence-electron chi connectivity index (χ0n) is 16.8. The Bertz CT molecular complexity index is 723. The summed E-state index contributed by atoms with van der Waals surface area (Å²) in [5.41, 5.74) is 2.39. The van der Waals surface area contributed by atoms with Gasteiger partial charge in [-0.1, -0.05) is 42.5 Å². The number of rotatable bonds is 8. The summed E-state index contributed by atoms with van der Waals surface area (Å²) >= 11 is 0. The van der Waals surface area contributed by atoms with Gasteiger partial charge in [-0.25, -0.2) is 0 Å². The summed E-state index contributed by atoms with van der Waals surface area (Å²) in [6, 6.07) is 18.0. The Hall–Kier alpha value is -2.37. The van der Waals surface area contributed by atoms with E-state index < -0.39 is 0 Å². The van der Waals surface area contributed by atoms with Crippen LogP contribution >= 0.6 is 0 Å². The summed E-state index contributed by atoms with van der Waals surface area (Å²) in [5.74, 6) is 0.784. The van der Waals surface area contributed by atoms with Gasteiger partial charge in [0, 0.05) is 26.2 Å². The van der Waals surface area contributed by atoms with Crippen molar-refractivity contribution in [1.82, 2.24) is 10.2 Å². The maximum Gasteiger partial charge on any atom is 0.223 e. The number of carbonyl (C=O) groups excluding carboxylic acids is 1. The quantitative estimate of drug-likeness (QED) is 0.760. The maximum absolute atomic E-state index is 12.0. The molecule has 1 N–H and O–H groups in total. The molecular weight excluding hydrogens is 352 g/mol. The highest BCUT2D eigenvalue weighted by Gasteiger charge is 2.21. The Kier molecular flexibility index (Phi) is 7.46. The lowest BCUT2D eigenvalue weighted by Crippen LogP contribution is -2.44. The monoisotopic (exact) mass is 382 g/mol. The lowest BCUT2D eigenvalue weighted by Gasteiger charge is -2.35. The van der Waals surface area contributed by atoms with Crippen LogP contribution in [-0.4, -0.2) is 42.7 Å². The van der Waals surface area contributed by atoms with Crippen LogP contribution in [0, 0.1) is 0 Å². The number of morpholine rings is 1. The number of amides is 1. The predicted octanol–water partition coefficient (Wildman–Crippen LogP) is 3.38. The normalized spacial score (nSPS) is 19.9. The van der Waals surface area contributed by atoms with Crippen LogP contribution in [0.1, 0.15) is 31.4 Å². The van der Waals surface area contributed by atoms with Gasteiger partial charge in [-0.05, 0) is 37.1 Å². The molecule has 0 aliphatic carbocycles. The van der Waals surface area contributed by atoms with Crippen LogP contribution < -0.4 is 10.1 Å². The predicted molar refractivity (Wildman–Crippen MR) is 110 cm³/mol. The van der Waals surface area contributed by atoms with Gasteiger partial charge in [0.25, 0.3) is 0 Å². The first kappa shape index (κ1) is 20.4. The number of ether oxygens (including phenoxy) is 2. The molecule has 0 bridgehead atoms. The van der Waals surface area contributed by atoms with Crippen molar-refractivity contribution in [3.63, 3.8) is 0 Å². The second-order valence-electron chi connectivity index (χ2n) is 7.46. The van der Waals surface area contributed by atoms with Gasteiger partial charge in [-0.3, -0.25) is 9.69 Å². The summed E-state index contributed by atoms with van der Waals surface area (Å²) in [6.45, 7) is 8.03. The molecule has 1 amide bonds. The van der Waals surface area contributed by atoms with Crippen LogP contribution in [0.2, 0.25) is 0 Å². The van der Waals surface area contributed by atoms with E-state index in [1.165, 1.54) is 5.56 Å². The summed E-state index contributed by atoms with van der Waals surface area (Å²) < 4.78 is 11.3. The SMILES string of the molecule is C[C@H]1CN(Cc2ccc(CNC(=O)CCOc3ccccc3)cc2)C[C@H](C)O1. The van der Waals surface area contributed by atoms with Crippen LogP contribution in [0.5, 0.6) is 5.75 Å². The van der Waals surface area contributed by atoms with Gasteiger partial charge in [-0.2, -0.15) is 0 Å². The number of hydrogen-bond acceptors (Lipinski definition) is 4. The molecule has 28 heavy (non-hydrogen) atoms. The molecule has 0 radical (unpaired) electrons. The molecule has 1 saturated heterocycles. The molecule has 0 saturated carbocycles.